The van der Waals surface area contributed by atoms with E-state index in [1.807, 2.05) is 30.3 Å². The fraction of sp³-hybridized carbons (Fsp3) is 0.154. The second kappa shape index (κ2) is 3.73. The van der Waals surface area contributed by atoms with Crippen LogP contribution >= 0.6 is 0 Å². The number of ether oxygens (including phenoxy) is 1. The molecule has 1 aromatic rings. The van der Waals surface area contributed by atoms with E-state index < -0.39 is 0 Å². The summed E-state index contributed by atoms with van der Waals surface area (Å²) < 4.78 is 5.54. The molecule has 2 nitrogen and oxygen atoms in total. The molecule has 1 unspecified atom stereocenters. The van der Waals surface area contributed by atoms with Crippen molar-refractivity contribution < 1.29 is 9.53 Å². The summed E-state index contributed by atoms with van der Waals surface area (Å²) in [6.07, 6.45) is 0.138. The standard InChI is InChI=1S/C13H12O2/c1-9-10(2)15-13(8-12(9)14)11-6-4-3-5-7-11/h3-7,13H,1-2,8H2. The molecule has 0 saturated carbocycles. The fourth-order valence-electron chi connectivity index (χ4n) is 1.59. The topological polar surface area (TPSA) is 26.3 Å². The summed E-state index contributed by atoms with van der Waals surface area (Å²) >= 11 is 0. The number of benzene rings is 1. The molecule has 1 saturated heterocycles. The van der Waals surface area contributed by atoms with Crippen molar-refractivity contribution in [3.8, 4) is 0 Å². The van der Waals surface area contributed by atoms with Crippen LogP contribution in [0, 0.1) is 0 Å². The summed E-state index contributed by atoms with van der Waals surface area (Å²) in [5, 5.41) is 0. The predicted octanol–water partition coefficient (Wildman–Crippen LogP) is 2.79. The van der Waals surface area contributed by atoms with Crippen LogP contribution in [0.25, 0.3) is 0 Å². The Labute approximate surface area is 88.9 Å². The first kappa shape index (κ1) is 9.71. The summed E-state index contributed by atoms with van der Waals surface area (Å²) in [6.45, 7) is 7.31. The minimum Gasteiger partial charge on any atom is -0.485 e. The molecule has 15 heavy (non-hydrogen) atoms. The summed E-state index contributed by atoms with van der Waals surface area (Å²) in [6, 6.07) is 9.67. The van der Waals surface area contributed by atoms with Crippen LogP contribution in [-0.2, 0) is 9.53 Å². The molecule has 1 aliphatic heterocycles. The molecule has 1 fully saturated rings. The van der Waals surface area contributed by atoms with Crippen molar-refractivity contribution in [1.82, 2.24) is 0 Å². The van der Waals surface area contributed by atoms with Crippen LogP contribution < -0.4 is 0 Å². The summed E-state index contributed by atoms with van der Waals surface area (Å²) in [7, 11) is 0. The van der Waals surface area contributed by atoms with E-state index in [4.69, 9.17) is 4.74 Å². The van der Waals surface area contributed by atoms with Crippen LogP contribution in [0.15, 0.2) is 54.8 Å². The van der Waals surface area contributed by atoms with Gasteiger partial charge in [-0.05, 0) is 5.56 Å². The van der Waals surface area contributed by atoms with Crippen molar-refractivity contribution in [1.29, 1.82) is 0 Å². The van der Waals surface area contributed by atoms with Gasteiger partial charge in [-0.25, -0.2) is 0 Å². The second-order valence-electron chi connectivity index (χ2n) is 3.55. The highest BCUT2D eigenvalue weighted by Gasteiger charge is 2.27. The van der Waals surface area contributed by atoms with E-state index in [0.717, 1.165) is 5.56 Å². The number of carbonyl (C=O) groups excluding carboxylic acids is 1. The molecule has 2 rings (SSSR count). The van der Waals surface area contributed by atoms with Crippen molar-refractivity contribution >= 4 is 5.78 Å². The molecule has 2 heteroatoms. The van der Waals surface area contributed by atoms with E-state index in [2.05, 4.69) is 13.2 Å². The van der Waals surface area contributed by atoms with Gasteiger partial charge in [0.1, 0.15) is 11.9 Å². The average molecular weight is 200 g/mol. The van der Waals surface area contributed by atoms with Crippen molar-refractivity contribution in [3.63, 3.8) is 0 Å². The van der Waals surface area contributed by atoms with Crippen LogP contribution in [0.2, 0.25) is 0 Å². The third kappa shape index (κ3) is 1.84. The van der Waals surface area contributed by atoms with Gasteiger partial charge < -0.3 is 4.74 Å². The molecule has 0 bridgehead atoms. The SMILES string of the molecule is C=C1OC(c2ccccc2)CC(=O)C1=C. The first-order valence-corrected chi connectivity index (χ1v) is 4.81. The first-order chi connectivity index (χ1) is 7.18. The normalized spacial score (nSPS) is 21.3. The molecule has 0 amide bonds. The van der Waals surface area contributed by atoms with Gasteiger partial charge in [0.15, 0.2) is 5.78 Å². The summed E-state index contributed by atoms with van der Waals surface area (Å²) in [5.41, 5.74) is 1.39. The number of rotatable bonds is 1. The van der Waals surface area contributed by atoms with Gasteiger partial charge in [-0.15, -0.1) is 0 Å². The Morgan fingerprint density at radius 1 is 1.20 bits per heavy atom. The van der Waals surface area contributed by atoms with Crippen molar-refractivity contribution in [2.75, 3.05) is 0 Å². The van der Waals surface area contributed by atoms with Gasteiger partial charge in [-0.2, -0.15) is 0 Å². The zero-order valence-electron chi connectivity index (χ0n) is 8.40. The number of allylic oxidation sites excluding steroid dienone is 1. The summed E-state index contributed by atoms with van der Waals surface area (Å²) in [4.78, 5) is 11.5. The minimum atomic E-state index is -0.211. The molecular formula is C13H12O2. The highest BCUT2D eigenvalue weighted by molar-refractivity contribution is 5.99. The van der Waals surface area contributed by atoms with Gasteiger partial charge >= 0.3 is 0 Å². The van der Waals surface area contributed by atoms with Gasteiger partial charge in [0.25, 0.3) is 0 Å². The molecule has 76 valence electrons. The smallest absolute Gasteiger partial charge is 0.170 e. The lowest BCUT2D eigenvalue weighted by Gasteiger charge is -2.26. The molecule has 1 heterocycles. The number of carbonyl (C=O) groups is 1. The van der Waals surface area contributed by atoms with E-state index in [-0.39, 0.29) is 11.9 Å². The molecular weight excluding hydrogens is 188 g/mol. The lowest BCUT2D eigenvalue weighted by atomic mass is 9.97. The van der Waals surface area contributed by atoms with Crippen LogP contribution in [-0.4, -0.2) is 5.78 Å². The monoisotopic (exact) mass is 200 g/mol. The Balaban J connectivity index is 2.23. The Bertz CT molecular complexity index is 397. The maximum Gasteiger partial charge on any atom is 0.170 e. The third-order valence-corrected chi connectivity index (χ3v) is 2.50. The molecule has 0 aliphatic carbocycles. The van der Waals surface area contributed by atoms with E-state index in [1.165, 1.54) is 0 Å². The molecule has 1 aromatic carbocycles. The highest BCUT2D eigenvalue weighted by atomic mass is 16.5. The summed E-state index contributed by atoms with van der Waals surface area (Å²) in [5.74, 6) is 0.403. The minimum absolute atomic E-state index is 0.0140. The van der Waals surface area contributed by atoms with Crippen LogP contribution in [0.5, 0.6) is 0 Å². The van der Waals surface area contributed by atoms with E-state index in [9.17, 15) is 4.79 Å². The molecule has 1 atom stereocenters. The van der Waals surface area contributed by atoms with Crippen molar-refractivity contribution in [3.05, 3.63) is 60.4 Å². The fourth-order valence-corrected chi connectivity index (χ4v) is 1.59. The average Bonchev–Trinajstić information content (AvgIpc) is 2.26. The number of Topliss-reactive ketones (excluding diaryl/α,β-unsaturated/α-hetero) is 1. The van der Waals surface area contributed by atoms with Crippen LogP contribution in [0.3, 0.4) is 0 Å². The molecule has 0 N–H and O–H groups in total. The maximum atomic E-state index is 11.5. The number of hydrogen-bond donors (Lipinski definition) is 0. The zero-order valence-corrected chi connectivity index (χ0v) is 8.40. The van der Waals surface area contributed by atoms with Gasteiger partial charge in [0.2, 0.25) is 0 Å². The first-order valence-electron chi connectivity index (χ1n) is 4.81. The Morgan fingerprint density at radius 2 is 1.87 bits per heavy atom. The molecule has 1 aliphatic rings. The second-order valence-corrected chi connectivity index (χ2v) is 3.55. The van der Waals surface area contributed by atoms with E-state index in [0.29, 0.717) is 17.8 Å². The quantitative estimate of drug-likeness (QED) is 0.651. The van der Waals surface area contributed by atoms with E-state index >= 15 is 0 Å². The van der Waals surface area contributed by atoms with Gasteiger partial charge in [0.05, 0.1) is 12.0 Å². The van der Waals surface area contributed by atoms with Crippen LogP contribution in [0.1, 0.15) is 18.1 Å². The van der Waals surface area contributed by atoms with Gasteiger partial charge in [0, 0.05) is 0 Å². The lowest BCUT2D eigenvalue weighted by molar-refractivity contribution is -0.120. The van der Waals surface area contributed by atoms with Crippen molar-refractivity contribution in [2.45, 2.75) is 12.5 Å². The third-order valence-electron chi connectivity index (χ3n) is 2.50. The maximum absolute atomic E-state index is 11.5. The lowest BCUT2D eigenvalue weighted by Crippen LogP contribution is -2.19. The molecule has 0 radical (unpaired) electrons. The van der Waals surface area contributed by atoms with Crippen LogP contribution in [0.4, 0.5) is 0 Å². The van der Waals surface area contributed by atoms with Crippen molar-refractivity contribution in [2.24, 2.45) is 0 Å². The predicted molar refractivity (Wildman–Crippen MR) is 58.2 cm³/mol. The Kier molecular flexibility index (Phi) is 2.42. The molecule has 0 spiro atoms. The Morgan fingerprint density at radius 3 is 2.47 bits per heavy atom. The zero-order chi connectivity index (χ0) is 10.8. The highest BCUT2D eigenvalue weighted by Crippen LogP contribution is 2.32. The number of hydrogen-bond acceptors (Lipinski definition) is 2. The number of ketones is 1. The van der Waals surface area contributed by atoms with E-state index in [1.54, 1.807) is 0 Å². The van der Waals surface area contributed by atoms with Gasteiger partial charge in [-0.3, -0.25) is 4.79 Å². The molecule has 0 aromatic heterocycles. The van der Waals surface area contributed by atoms with Gasteiger partial charge in [-0.1, -0.05) is 43.5 Å². The largest absolute Gasteiger partial charge is 0.485 e. The Hall–Kier alpha value is -1.83.